The van der Waals surface area contributed by atoms with Crippen LogP contribution >= 0.6 is 11.3 Å². The number of hydrogen-bond acceptors (Lipinski definition) is 5. The zero-order valence-corrected chi connectivity index (χ0v) is 18.0. The lowest BCUT2D eigenvalue weighted by Gasteiger charge is -2.34. The lowest BCUT2D eigenvalue weighted by Crippen LogP contribution is -2.38. The van der Waals surface area contributed by atoms with Gasteiger partial charge in [-0.25, -0.2) is 8.42 Å². The summed E-state index contributed by atoms with van der Waals surface area (Å²) in [6, 6.07) is 13.8. The quantitative estimate of drug-likeness (QED) is 0.621. The second kappa shape index (κ2) is 9.07. The minimum atomic E-state index is -3.65. The molecule has 0 radical (unpaired) electrons. The Kier molecular flexibility index (Phi) is 6.26. The van der Waals surface area contributed by atoms with Gasteiger partial charge in [-0.3, -0.25) is 9.78 Å². The molecule has 1 N–H and O–H groups in total. The molecule has 0 saturated carbocycles. The number of pyridine rings is 1. The van der Waals surface area contributed by atoms with Gasteiger partial charge in [-0.1, -0.05) is 18.6 Å². The van der Waals surface area contributed by atoms with Gasteiger partial charge in [0.25, 0.3) is 0 Å². The second-order valence-electron chi connectivity index (χ2n) is 7.24. The lowest BCUT2D eigenvalue weighted by molar-refractivity contribution is -0.115. The number of anilines is 1. The van der Waals surface area contributed by atoms with E-state index in [1.165, 1.54) is 11.3 Å². The average molecular weight is 442 g/mol. The van der Waals surface area contributed by atoms with Gasteiger partial charge in [0.1, 0.15) is 0 Å². The normalized spacial score (nSPS) is 17.5. The summed E-state index contributed by atoms with van der Waals surface area (Å²) in [7, 11) is -3.65. The van der Waals surface area contributed by atoms with E-state index in [0.717, 1.165) is 29.7 Å². The van der Waals surface area contributed by atoms with Gasteiger partial charge >= 0.3 is 0 Å². The van der Waals surface area contributed by atoms with Gasteiger partial charge < -0.3 is 5.32 Å². The summed E-state index contributed by atoms with van der Waals surface area (Å²) >= 11 is 1.53. The molecule has 1 fully saturated rings. The Bertz CT molecular complexity index is 1080. The Balaban J connectivity index is 1.50. The molecule has 0 spiro atoms. The first-order valence-corrected chi connectivity index (χ1v) is 12.2. The number of benzene rings is 1. The van der Waals surface area contributed by atoms with Crippen molar-refractivity contribution in [3.63, 3.8) is 0 Å². The number of carbonyl (C=O) groups is 1. The molecule has 1 aromatic carbocycles. The van der Waals surface area contributed by atoms with Crippen LogP contribution < -0.4 is 5.32 Å². The monoisotopic (exact) mass is 441 g/mol. The van der Waals surface area contributed by atoms with Crippen molar-refractivity contribution in [2.75, 3.05) is 11.9 Å². The first kappa shape index (κ1) is 20.7. The van der Waals surface area contributed by atoms with Crippen LogP contribution in [0.4, 0.5) is 5.69 Å². The highest BCUT2D eigenvalue weighted by molar-refractivity contribution is 7.89. The second-order valence-corrected chi connectivity index (χ2v) is 10.2. The third-order valence-electron chi connectivity index (χ3n) is 5.18. The molecule has 8 heteroatoms. The van der Waals surface area contributed by atoms with Crippen molar-refractivity contribution in [2.24, 2.45) is 0 Å². The summed E-state index contributed by atoms with van der Waals surface area (Å²) < 4.78 is 28.3. The summed E-state index contributed by atoms with van der Waals surface area (Å²) in [5, 5.41) is 4.76. The van der Waals surface area contributed by atoms with Gasteiger partial charge in [0, 0.05) is 29.5 Å². The molecule has 1 saturated heterocycles. The molecule has 1 aliphatic rings. The fourth-order valence-corrected chi connectivity index (χ4v) is 6.11. The van der Waals surface area contributed by atoms with E-state index in [2.05, 4.69) is 10.3 Å². The van der Waals surface area contributed by atoms with Crippen LogP contribution in [-0.4, -0.2) is 30.2 Å². The number of nitrogens with zero attached hydrogens (tertiary/aromatic N) is 2. The highest BCUT2D eigenvalue weighted by Crippen LogP contribution is 2.35. The van der Waals surface area contributed by atoms with E-state index >= 15 is 0 Å². The summed E-state index contributed by atoms with van der Waals surface area (Å²) in [6.45, 7) is 0.487. The van der Waals surface area contributed by atoms with E-state index in [1.807, 2.05) is 29.6 Å². The van der Waals surface area contributed by atoms with Gasteiger partial charge in [0.05, 0.1) is 17.4 Å². The maximum Gasteiger partial charge on any atom is 0.243 e. The molecular weight excluding hydrogens is 418 g/mol. The number of sulfonamides is 1. The van der Waals surface area contributed by atoms with Gasteiger partial charge in [-0.05, 0) is 60.2 Å². The highest BCUT2D eigenvalue weighted by Gasteiger charge is 2.34. The predicted octanol–water partition coefficient (Wildman–Crippen LogP) is 4.24. The molecule has 1 amide bonds. The zero-order chi connectivity index (χ0) is 21.0. The fourth-order valence-electron chi connectivity index (χ4n) is 3.72. The largest absolute Gasteiger partial charge is 0.326 e. The van der Waals surface area contributed by atoms with Crippen molar-refractivity contribution in [1.82, 2.24) is 9.29 Å². The highest BCUT2D eigenvalue weighted by atomic mass is 32.2. The molecule has 1 unspecified atom stereocenters. The van der Waals surface area contributed by atoms with Crippen LogP contribution in [0.3, 0.4) is 0 Å². The van der Waals surface area contributed by atoms with E-state index in [4.69, 9.17) is 0 Å². The summed E-state index contributed by atoms with van der Waals surface area (Å²) in [4.78, 5) is 17.5. The molecule has 2 aromatic heterocycles. The fraction of sp³-hybridized carbons (Fsp3) is 0.273. The summed E-state index contributed by atoms with van der Waals surface area (Å²) in [5.74, 6) is -0.124. The van der Waals surface area contributed by atoms with Crippen LogP contribution in [0.5, 0.6) is 0 Å². The summed E-state index contributed by atoms with van der Waals surface area (Å²) in [6.07, 6.45) is 6.34. The predicted molar refractivity (Wildman–Crippen MR) is 118 cm³/mol. The molecule has 1 atom stereocenters. The maximum atomic E-state index is 13.3. The van der Waals surface area contributed by atoms with Crippen molar-refractivity contribution in [2.45, 2.75) is 36.6 Å². The van der Waals surface area contributed by atoms with Crippen LogP contribution in [0.25, 0.3) is 0 Å². The number of amides is 1. The minimum Gasteiger partial charge on any atom is -0.326 e. The van der Waals surface area contributed by atoms with E-state index in [0.29, 0.717) is 18.7 Å². The standard InChI is InChI=1S/C22H23N3O3S2/c26-22(15-19-6-4-14-29-19)24-18-8-10-20(11-9-18)30(27,28)25-13-2-1-7-21(25)17-5-3-12-23-16-17/h3-6,8-12,14,16,21H,1-2,7,13,15H2,(H,24,26). The molecule has 0 bridgehead atoms. The third-order valence-corrected chi connectivity index (χ3v) is 7.98. The number of aromatic nitrogens is 1. The number of thiophene rings is 1. The molecule has 1 aliphatic heterocycles. The number of rotatable bonds is 6. The van der Waals surface area contributed by atoms with E-state index in [1.54, 1.807) is 41.0 Å². The van der Waals surface area contributed by atoms with Crippen molar-refractivity contribution < 1.29 is 13.2 Å². The Hall–Kier alpha value is -2.55. The third kappa shape index (κ3) is 4.61. The Labute approximate surface area is 180 Å². The van der Waals surface area contributed by atoms with Gasteiger partial charge in [0.2, 0.25) is 15.9 Å². The Morgan fingerprint density at radius 2 is 1.97 bits per heavy atom. The number of hydrogen-bond donors (Lipinski definition) is 1. The minimum absolute atomic E-state index is 0.124. The van der Waals surface area contributed by atoms with Crippen molar-refractivity contribution in [3.05, 3.63) is 76.7 Å². The van der Waals surface area contributed by atoms with E-state index in [9.17, 15) is 13.2 Å². The van der Waals surface area contributed by atoms with Crippen molar-refractivity contribution in [3.8, 4) is 0 Å². The summed E-state index contributed by atoms with van der Waals surface area (Å²) in [5.41, 5.74) is 1.50. The van der Waals surface area contributed by atoms with E-state index in [-0.39, 0.29) is 16.8 Å². The van der Waals surface area contributed by atoms with Gasteiger partial charge in [-0.2, -0.15) is 4.31 Å². The molecule has 156 valence electrons. The number of nitrogens with one attached hydrogen (secondary N) is 1. The maximum absolute atomic E-state index is 13.3. The molecule has 0 aliphatic carbocycles. The zero-order valence-electron chi connectivity index (χ0n) is 16.4. The number of piperidine rings is 1. The lowest BCUT2D eigenvalue weighted by atomic mass is 9.99. The van der Waals surface area contributed by atoms with Gasteiger partial charge in [-0.15, -0.1) is 11.3 Å². The molecule has 3 heterocycles. The van der Waals surface area contributed by atoms with Crippen LogP contribution in [0.15, 0.2) is 71.2 Å². The Morgan fingerprint density at radius 1 is 1.13 bits per heavy atom. The van der Waals surface area contributed by atoms with Crippen LogP contribution in [0.2, 0.25) is 0 Å². The molecule has 3 aromatic rings. The van der Waals surface area contributed by atoms with Crippen molar-refractivity contribution in [1.29, 1.82) is 0 Å². The molecule has 4 rings (SSSR count). The van der Waals surface area contributed by atoms with Crippen LogP contribution in [-0.2, 0) is 21.2 Å². The SMILES string of the molecule is O=C(Cc1cccs1)Nc1ccc(S(=O)(=O)N2CCCCC2c2cccnc2)cc1. The first-order chi connectivity index (χ1) is 14.5. The van der Waals surface area contributed by atoms with Gasteiger partial charge in [0.15, 0.2) is 0 Å². The Morgan fingerprint density at radius 3 is 2.67 bits per heavy atom. The van der Waals surface area contributed by atoms with E-state index < -0.39 is 10.0 Å². The first-order valence-electron chi connectivity index (χ1n) is 9.88. The smallest absolute Gasteiger partial charge is 0.243 e. The molecular formula is C22H23N3O3S2. The topological polar surface area (TPSA) is 79.4 Å². The van der Waals surface area contributed by atoms with Crippen molar-refractivity contribution >= 4 is 33.0 Å². The molecule has 30 heavy (non-hydrogen) atoms. The number of carbonyl (C=O) groups excluding carboxylic acids is 1. The van der Waals surface area contributed by atoms with Crippen LogP contribution in [0.1, 0.15) is 35.7 Å². The van der Waals surface area contributed by atoms with Crippen LogP contribution in [0, 0.1) is 0 Å². The average Bonchev–Trinajstić information content (AvgIpc) is 3.27. The molecule has 6 nitrogen and oxygen atoms in total.